The normalized spacial score (nSPS) is 49.3. The van der Waals surface area contributed by atoms with Crippen molar-refractivity contribution in [2.45, 2.75) is 104 Å². The maximum Gasteiger partial charge on any atom is 0.0577 e. The molecular weight excluding hydrogens is 356 g/mol. The molecule has 0 heterocycles. The Morgan fingerprint density at radius 2 is 1.93 bits per heavy atom. The summed E-state index contributed by atoms with van der Waals surface area (Å²) in [7, 11) is 0. The van der Waals surface area contributed by atoms with E-state index in [0.29, 0.717) is 23.7 Å². The highest BCUT2D eigenvalue weighted by Crippen LogP contribution is 2.67. The SMILES string of the molecule is [2H]C([2H])(O)C(C)C([2H])([2H])CC[C@@H](C)[C@H]1CC[C@H]2[C@@H]3CC=C4C[C@@H](O)CC[C@]4(C)[C@H]3CC[C@]12C. The van der Waals surface area contributed by atoms with Crippen LogP contribution in [0.2, 0.25) is 0 Å². The molecule has 0 aromatic heterocycles. The first-order valence-corrected chi connectivity index (χ1v) is 12.3. The quantitative estimate of drug-likeness (QED) is 0.504. The van der Waals surface area contributed by atoms with Gasteiger partial charge in [-0.25, -0.2) is 0 Å². The molecule has 2 N–H and O–H groups in total. The summed E-state index contributed by atoms with van der Waals surface area (Å²) in [4.78, 5) is 0. The molecule has 4 rings (SSSR count). The van der Waals surface area contributed by atoms with E-state index in [9.17, 15) is 10.2 Å². The lowest BCUT2D eigenvalue weighted by Crippen LogP contribution is -2.50. The summed E-state index contributed by atoms with van der Waals surface area (Å²) < 4.78 is 31.8. The Morgan fingerprint density at radius 1 is 1.14 bits per heavy atom. The van der Waals surface area contributed by atoms with Crippen LogP contribution in [0.15, 0.2) is 11.6 Å². The highest BCUT2D eigenvalue weighted by Gasteiger charge is 2.59. The zero-order chi connectivity index (χ0) is 24.4. The third-order valence-electron chi connectivity index (χ3n) is 10.1. The molecule has 4 aliphatic rings. The molecule has 29 heavy (non-hydrogen) atoms. The van der Waals surface area contributed by atoms with Crippen LogP contribution in [0.25, 0.3) is 0 Å². The van der Waals surface area contributed by atoms with E-state index < -0.39 is 18.8 Å². The van der Waals surface area contributed by atoms with Gasteiger partial charge in [-0.1, -0.05) is 52.2 Å². The first kappa shape index (κ1) is 17.2. The molecule has 0 bridgehead atoms. The molecular formula is C27H46O2. The fourth-order valence-electron chi connectivity index (χ4n) is 8.39. The Hall–Kier alpha value is -0.340. The van der Waals surface area contributed by atoms with Crippen LogP contribution in [0.5, 0.6) is 0 Å². The van der Waals surface area contributed by atoms with E-state index in [-0.39, 0.29) is 11.5 Å². The van der Waals surface area contributed by atoms with E-state index in [0.717, 1.165) is 49.9 Å². The number of hydrogen-bond donors (Lipinski definition) is 2. The van der Waals surface area contributed by atoms with Gasteiger partial charge in [0.1, 0.15) is 0 Å². The molecule has 0 aromatic carbocycles. The Balaban J connectivity index is 1.46. The average molecular weight is 407 g/mol. The molecule has 0 aromatic rings. The monoisotopic (exact) mass is 406 g/mol. The Bertz CT molecular complexity index is 762. The average Bonchev–Trinajstić information content (AvgIpc) is 3.08. The fourth-order valence-corrected chi connectivity index (χ4v) is 8.39. The van der Waals surface area contributed by atoms with Gasteiger partial charge in [-0.2, -0.15) is 0 Å². The smallest absolute Gasteiger partial charge is 0.0577 e. The molecule has 2 heteroatoms. The topological polar surface area (TPSA) is 40.5 Å². The molecule has 166 valence electrons. The van der Waals surface area contributed by atoms with Gasteiger partial charge in [-0.3, -0.25) is 0 Å². The lowest BCUT2D eigenvalue weighted by molar-refractivity contribution is -0.0573. The lowest BCUT2D eigenvalue weighted by Gasteiger charge is -2.58. The molecule has 0 aliphatic heterocycles. The third-order valence-corrected chi connectivity index (χ3v) is 10.1. The maximum atomic E-state index is 10.2. The third kappa shape index (κ3) is 3.75. The van der Waals surface area contributed by atoms with Crippen LogP contribution < -0.4 is 0 Å². The molecule has 0 spiro atoms. The zero-order valence-corrected chi connectivity index (χ0v) is 19.1. The van der Waals surface area contributed by atoms with E-state index in [4.69, 9.17) is 5.48 Å². The first-order chi connectivity index (χ1) is 15.2. The van der Waals surface area contributed by atoms with Crippen molar-refractivity contribution < 1.29 is 15.7 Å². The van der Waals surface area contributed by atoms with Crippen LogP contribution in [-0.2, 0) is 0 Å². The minimum atomic E-state index is -2.49. The number of aliphatic hydroxyl groups is 2. The summed E-state index contributed by atoms with van der Waals surface area (Å²) in [5.41, 5.74) is 2.09. The summed E-state index contributed by atoms with van der Waals surface area (Å²) in [5, 5.41) is 19.9. The number of fused-ring (bicyclic) bond motifs is 5. The summed E-state index contributed by atoms with van der Waals surface area (Å²) in [6.45, 7) is 6.25. The maximum absolute atomic E-state index is 10.2. The van der Waals surface area contributed by atoms with Crippen molar-refractivity contribution in [3.63, 3.8) is 0 Å². The summed E-state index contributed by atoms with van der Waals surface area (Å²) in [6, 6.07) is 0. The molecule has 1 unspecified atom stereocenters. The number of aliphatic hydroxyl groups excluding tert-OH is 1. The van der Waals surface area contributed by atoms with Crippen molar-refractivity contribution in [3.05, 3.63) is 11.6 Å². The van der Waals surface area contributed by atoms with E-state index in [1.807, 2.05) is 0 Å². The van der Waals surface area contributed by atoms with Crippen molar-refractivity contribution in [1.29, 1.82) is 0 Å². The second-order valence-corrected chi connectivity index (χ2v) is 11.5. The second kappa shape index (κ2) is 8.30. The minimum Gasteiger partial charge on any atom is -0.396 e. The van der Waals surface area contributed by atoms with Crippen LogP contribution in [0.3, 0.4) is 0 Å². The minimum absolute atomic E-state index is 0.156. The van der Waals surface area contributed by atoms with Gasteiger partial charge in [0.15, 0.2) is 0 Å². The van der Waals surface area contributed by atoms with Gasteiger partial charge in [-0.05, 0) is 104 Å². The van der Waals surface area contributed by atoms with Gasteiger partial charge in [-0.15, -0.1) is 0 Å². The number of allylic oxidation sites excluding steroid dienone is 1. The Labute approximate surface area is 185 Å². The van der Waals surface area contributed by atoms with Crippen LogP contribution in [0.4, 0.5) is 0 Å². The van der Waals surface area contributed by atoms with E-state index in [1.165, 1.54) is 38.2 Å². The van der Waals surface area contributed by atoms with E-state index >= 15 is 0 Å². The predicted octanol–water partition coefficient (Wildman–Crippen LogP) is 6.36. The van der Waals surface area contributed by atoms with Crippen molar-refractivity contribution >= 4 is 0 Å². The molecule has 9 atom stereocenters. The van der Waals surface area contributed by atoms with Crippen molar-refractivity contribution in [2.24, 2.45) is 46.3 Å². The molecule has 4 aliphatic carbocycles. The first-order valence-electron chi connectivity index (χ1n) is 14.3. The van der Waals surface area contributed by atoms with Gasteiger partial charge >= 0.3 is 0 Å². The molecule has 3 fully saturated rings. The van der Waals surface area contributed by atoms with Crippen LogP contribution >= 0.6 is 0 Å². The zero-order valence-electron chi connectivity index (χ0n) is 23.1. The van der Waals surface area contributed by atoms with Crippen molar-refractivity contribution in [1.82, 2.24) is 0 Å². The Kier molecular flexibility index (Phi) is 4.94. The molecule has 0 radical (unpaired) electrons. The van der Waals surface area contributed by atoms with Crippen LogP contribution in [0.1, 0.15) is 104 Å². The van der Waals surface area contributed by atoms with E-state index in [2.05, 4.69) is 26.8 Å². The highest BCUT2D eigenvalue weighted by molar-refractivity contribution is 5.25. The largest absolute Gasteiger partial charge is 0.396 e. The molecule has 2 nitrogen and oxygen atoms in total. The molecule has 0 amide bonds. The van der Waals surface area contributed by atoms with Gasteiger partial charge in [0.25, 0.3) is 0 Å². The lowest BCUT2D eigenvalue weighted by atomic mass is 9.47. The summed E-state index contributed by atoms with van der Waals surface area (Å²) in [5.74, 6) is 2.15. The number of rotatable bonds is 6. The van der Waals surface area contributed by atoms with Gasteiger partial charge in [0.2, 0.25) is 0 Å². The van der Waals surface area contributed by atoms with Crippen molar-refractivity contribution in [2.75, 3.05) is 6.56 Å². The summed E-state index contributed by atoms with van der Waals surface area (Å²) in [6.07, 6.45) is 10.8. The van der Waals surface area contributed by atoms with Crippen molar-refractivity contribution in [3.8, 4) is 0 Å². The second-order valence-electron chi connectivity index (χ2n) is 11.5. The highest BCUT2D eigenvalue weighted by atomic mass is 16.3. The van der Waals surface area contributed by atoms with Gasteiger partial charge in [0, 0.05) is 9.30 Å². The molecule has 0 saturated heterocycles. The molecule has 3 saturated carbocycles. The van der Waals surface area contributed by atoms with E-state index in [1.54, 1.807) is 0 Å². The predicted molar refractivity (Wildman–Crippen MR) is 120 cm³/mol. The van der Waals surface area contributed by atoms with Crippen LogP contribution in [0, 0.1) is 46.3 Å². The Morgan fingerprint density at radius 3 is 2.69 bits per heavy atom. The van der Waals surface area contributed by atoms with Gasteiger partial charge in [0.05, 0.1) is 8.85 Å². The van der Waals surface area contributed by atoms with Crippen LogP contribution in [-0.4, -0.2) is 22.9 Å². The standard InChI is InChI=1S/C27H46O2/c1-18(17-28)6-5-7-19(2)23-10-11-24-22-9-8-20-16-21(29)12-14-26(20,3)25(22)13-15-27(23,24)4/h8,18-19,21-25,28-29H,5-7,9-17H2,1-4H3/t18?,19-,21+,22+,23-,24+,25+,26+,27-/m1/s1/i6D2,17D2. The van der Waals surface area contributed by atoms with Gasteiger partial charge < -0.3 is 10.2 Å². The fraction of sp³-hybridized carbons (Fsp3) is 0.926. The number of hydrogen-bond acceptors (Lipinski definition) is 2. The summed E-state index contributed by atoms with van der Waals surface area (Å²) >= 11 is 0.